The second-order valence-corrected chi connectivity index (χ2v) is 16.4. The third-order valence-corrected chi connectivity index (χ3v) is 10.5. The number of Topliss-reactive ketones (excluding diaryl/α,β-unsaturated/α-hetero) is 1. The van der Waals surface area contributed by atoms with Crippen LogP contribution >= 0.6 is 0 Å². The number of allylic oxidation sites excluding steroid dienone is 2. The summed E-state index contributed by atoms with van der Waals surface area (Å²) in [5.41, 5.74) is 1.73. The van der Waals surface area contributed by atoms with E-state index in [9.17, 15) is 19.5 Å². The summed E-state index contributed by atoms with van der Waals surface area (Å²) in [6.45, 7) is 15.7. The fraction of sp³-hybridized carbons (Fsp3) is 0.611. The SMILES string of the molecule is CC(NC(=O)C1CCCC1)c1nnc2/c(=C3/C(=O)C(c4c(C(C)(C)C)[nH]n5c(C(C)NC(=O)C6CCCC6)nnc45)=C3O)c(C(C)(C)C)nn12. The quantitative estimate of drug-likeness (QED) is 0.221. The van der Waals surface area contributed by atoms with Gasteiger partial charge in [0.15, 0.2) is 22.9 Å². The molecule has 4 N–H and O–H groups in total. The zero-order chi connectivity index (χ0) is 35.9. The summed E-state index contributed by atoms with van der Waals surface area (Å²) in [7, 11) is 0. The molecule has 3 aliphatic carbocycles. The van der Waals surface area contributed by atoms with Crippen LogP contribution in [-0.4, -0.2) is 62.3 Å². The minimum atomic E-state index is -0.522. The summed E-state index contributed by atoms with van der Waals surface area (Å²) in [5, 5.41) is 44.4. The zero-order valence-electron chi connectivity index (χ0n) is 30.3. The first-order valence-corrected chi connectivity index (χ1v) is 17.9. The number of hydrogen-bond acceptors (Lipinski definition) is 9. The molecule has 4 aromatic heterocycles. The molecule has 0 bridgehead atoms. The highest BCUT2D eigenvalue weighted by Crippen LogP contribution is 2.43. The second-order valence-electron chi connectivity index (χ2n) is 16.4. The molecular formula is C36H48N10O4. The zero-order valence-corrected chi connectivity index (χ0v) is 30.3. The number of carbonyl (C=O) groups excluding carboxylic acids is 3. The van der Waals surface area contributed by atoms with Gasteiger partial charge in [-0.25, -0.2) is 4.52 Å². The van der Waals surface area contributed by atoms with Gasteiger partial charge in [-0.05, 0) is 39.5 Å². The van der Waals surface area contributed by atoms with Gasteiger partial charge in [-0.1, -0.05) is 67.2 Å². The Hall–Kier alpha value is -4.62. The van der Waals surface area contributed by atoms with E-state index < -0.39 is 22.9 Å². The highest BCUT2D eigenvalue weighted by atomic mass is 16.3. The number of hydrogen-bond donors (Lipinski definition) is 4. The molecule has 2 amide bonds. The lowest BCUT2D eigenvalue weighted by molar-refractivity contribution is -0.126. The topological polar surface area (TPSA) is 185 Å². The molecule has 0 aromatic carbocycles. The Labute approximate surface area is 290 Å². The van der Waals surface area contributed by atoms with Crippen molar-refractivity contribution in [1.29, 1.82) is 0 Å². The Morgan fingerprint density at radius 1 is 0.780 bits per heavy atom. The maximum Gasteiger partial charge on any atom is 0.223 e. The van der Waals surface area contributed by atoms with Crippen LogP contribution in [0.5, 0.6) is 0 Å². The summed E-state index contributed by atoms with van der Waals surface area (Å²) < 4.78 is 3.29. The number of aromatic amines is 1. The monoisotopic (exact) mass is 684 g/mol. The summed E-state index contributed by atoms with van der Waals surface area (Å²) in [4.78, 5) is 40.2. The number of carbonyl (C=O) groups is 3. The average Bonchev–Trinajstić information content (AvgIpc) is 3.87. The van der Waals surface area contributed by atoms with Gasteiger partial charge in [0.05, 0.1) is 39.7 Å². The predicted molar refractivity (Wildman–Crippen MR) is 186 cm³/mol. The maximum absolute atomic E-state index is 14.4. The van der Waals surface area contributed by atoms with Crippen LogP contribution in [0.3, 0.4) is 0 Å². The fourth-order valence-corrected chi connectivity index (χ4v) is 7.77. The number of H-pyrrole nitrogens is 1. The Morgan fingerprint density at radius 3 is 1.82 bits per heavy atom. The van der Waals surface area contributed by atoms with Crippen LogP contribution in [0, 0.1) is 11.8 Å². The van der Waals surface area contributed by atoms with Crippen molar-refractivity contribution in [3.63, 3.8) is 0 Å². The lowest BCUT2D eigenvalue weighted by Gasteiger charge is -2.25. The van der Waals surface area contributed by atoms with Crippen LogP contribution in [0.25, 0.3) is 22.4 Å². The molecule has 14 heteroatoms. The molecule has 3 aliphatic rings. The first kappa shape index (κ1) is 33.9. The predicted octanol–water partition coefficient (Wildman–Crippen LogP) is 4.25. The molecule has 4 heterocycles. The van der Waals surface area contributed by atoms with Gasteiger partial charge in [-0.2, -0.15) is 9.61 Å². The van der Waals surface area contributed by atoms with Gasteiger partial charge in [0.25, 0.3) is 0 Å². The molecular weight excluding hydrogens is 636 g/mol. The number of fused-ring (bicyclic) bond motifs is 2. The fourth-order valence-electron chi connectivity index (χ4n) is 7.77. The molecule has 2 fully saturated rings. The van der Waals surface area contributed by atoms with Gasteiger partial charge in [-0.15, -0.1) is 20.4 Å². The van der Waals surface area contributed by atoms with Crippen molar-refractivity contribution in [2.45, 2.75) is 130 Å². The van der Waals surface area contributed by atoms with E-state index >= 15 is 0 Å². The van der Waals surface area contributed by atoms with E-state index in [1.54, 1.807) is 9.03 Å². The van der Waals surface area contributed by atoms with Crippen molar-refractivity contribution in [2.24, 2.45) is 11.8 Å². The van der Waals surface area contributed by atoms with Crippen LogP contribution in [0.4, 0.5) is 0 Å². The third kappa shape index (κ3) is 5.47. The molecule has 2 unspecified atom stereocenters. The van der Waals surface area contributed by atoms with E-state index in [0.717, 1.165) is 51.4 Å². The summed E-state index contributed by atoms with van der Waals surface area (Å²) in [6, 6.07) is -0.907. The smallest absolute Gasteiger partial charge is 0.223 e. The number of nitrogens with zero attached hydrogens (tertiary/aromatic N) is 7. The van der Waals surface area contributed by atoms with Crippen molar-refractivity contribution in [1.82, 2.24) is 50.3 Å². The highest BCUT2D eigenvalue weighted by Gasteiger charge is 2.43. The van der Waals surface area contributed by atoms with Crippen LogP contribution in [0.1, 0.15) is 147 Å². The van der Waals surface area contributed by atoms with E-state index in [1.165, 1.54) is 0 Å². The van der Waals surface area contributed by atoms with E-state index in [1.807, 2.05) is 55.4 Å². The van der Waals surface area contributed by atoms with Crippen molar-refractivity contribution < 1.29 is 19.5 Å². The van der Waals surface area contributed by atoms with Crippen LogP contribution < -0.4 is 15.9 Å². The molecule has 0 saturated heterocycles. The number of ketones is 1. The van der Waals surface area contributed by atoms with Gasteiger partial charge in [0.1, 0.15) is 5.76 Å². The lowest BCUT2D eigenvalue weighted by atomic mass is 9.77. The molecule has 50 heavy (non-hydrogen) atoms. The van der Waals surface area contributed by atoms with Gasteiger partial charge < -0.3 is 15.7 Å². The molecule has 7 rings (SSSR count). The van der Waals surface area contributed by atoms with Crippen LogP contribution in [0.15, 0.2) is 5.76 Å². The Kier molecular flexibility index (Phi) is 8.13. The summed E-state index contributed by atoms with van der Waals surface area (Å²) in [5.74, 6) is 0.414. The van der Waals surface area contributed by atoms with Gasteiger partial charge in [0.2, 0.25) is 17.6 Å². The average molecular weight is 685 g/mol. The number of aromatic nitrogens is 8. The normalized spacial score (nSPS) is 20.3. The third-order valence-electron chi connectivity index (χ3n) is 10.5. The number of aliphatic hydroxyl groups is 1. The van der Waals surface area contributed by atoms with Crippen molar-refractivity contribution in [3.05, 3.63) is 39.6 Å². The van der Waals surface area contributed by atoms with Gasteiger partial charge in [-0.3, -0.25) is 19.5 Å². The highest BCUT2D eigenvalue weighted by molar-refractivity contribution is 6.52. The lowest BCUT2D eigenvalue weighted by Crippen LogP contribution is -2.32. The van der Waals surface area contributed by atoms with Crippen molar-refractivity contribution in [3.8, 4) is 0 Å². The molecule has 0 spiro atoms. The molecule has 266 valence electrons. The first-order valence-electron chi connectivity index (χ1n) is 17.9. The summed E-state index contributed by atoms with van der Waals surface area (Å²) >= 11 is 0. The molecule has 14 nitrogen and oxygen atoms in total. The Bertz CT molecular complexity index is 2110. The number of rotatable bonds is 7. The Morgan fingerprint density at radius 2 is 1.30 bits per heavy atom. The number of amides is 2. The van der Waals surface area contributed by atoms with E-state index in [4.69, 9.17) is 5.10 Å². The first-order chi connectivity index (χ1) is 23.6. The Balaban J connectivity index is 1.32. The summed E-state index contributed by atoms with van der Waals surface area (Å²) in [6.07, 6.45) is 7.75. The van der Waals surface area contributed by atoms with E-state index in [-0.39, 0.29) is 46.3 Å². The minimum Gasteiger partial charge on any atom is -0.506 e. The van der Waals surface area contributed by atoms with Crippen LogP contribution in [-0.2, 0) is 25.2 Å². The van der Waals surface area contributed by atoms with E-state index in [0.29, 0.717) is 45.1 Å². The largest absolute Gasteiger partial charge is 0.506 e. The number of aliphatic hydroxyl groups excluding tert-OH is 1. The second kappa shape index (κ2) is 12.0. The standard InChI is InChI=1S/C36H48N10O4/c1-17(37-33(49)19-13-9-10-14-19)29-39-41-31-23(27(35(3,4)5)43-45(29)31)21-25(47)22(26(21)48)24-28(36(6,7)8)44-46-30(40-42-32(24)46)18(2)38-34(50)20-15-11-12-16-20/h17-20,43,47H,9-16H2,1-8H3,(H,37,49)(H,38,50)/b24-22+. The van der Waals surface area contributed by atoms with Gasteiger partial charge >= 0.3 is 0 Å². The molecule has 4 aromatic rings. The minimum absolute atomic E-state index is 0.00182. The van der Waals surface area contributed by atoms with Crippen molar-refractivity contribution in [2.75, 3.05) is 0 Å². The molecule has 0 aliphatic heterocycles. The van der Waals surface area contributed by atoms with Gasteiger partial charge in [0, 0.05) is 28.4 Å². The molecule has 0 radical (unpaired) electrons. The molecule has 2 saturated carbocycles. The molecule has 2 atom stereocenters. The maximum atomic E-state index is 14.4. The number of nitrogens with one attached hydrogen (secondary N) is 3. The van der Waals surface area contributed by atoms with Crippen LogP contribution in [0.2, 0.25) is 0 Å². The van der Waals surface area contributed by atoms with E-state index in [2.05, 4.69) is 36.1 Å². The van der Waals surface area contributed by atoms with Crippen molar-refractivity contribution >= 4 is 40.0 Å².